The molecule has 2 aromatic carbocycles. The number of para-hydroxylation sites is 1. The third kappa shape index (κ3) is 5.66. The van der Waals surface area contributed by atoms with Crippen LogP contribution in [-0.2, 0) is 4.79 Å². The largest absolute Gasteiger partial charge is 0.482 e. The van der Waals surface area contributed by atoms with Gasteiger partial charge in [0.05, 0.1) is 16.3 Å². The maximum atomic E-state index is 12.2. The van der Waals surface area contributed by atoms with Gasteiger partial charge in [-0.15, -0.1) is 0 Å². The van der Waals surface area contributed by atoms with Gasteiger partial charge in [0.2, 0.25) is 0 Å². The van der Waals surface area contributed by atoms with Crippen molar-refractivity contribution in [3.05, 3.63) is 58.1 Å². The van der Waals surface area contributed by atoms with E-state index in [1.54, 1.807) is 36.4 Å². The Morgan fingerprint density at radius 1 is 1.12 bits per heavy atom. The van der Waals surface area contributed by atoms with E-state index in [4.69, 9.17) is 27.9 Å². The Labute approximate surface area is 156 Å². The zero-order valence-electron chi connectivity index (χ0n) is 13.8. The van der Waals surface area contributed by atoms with Crippen molar-refractivity contribution in [1.82, 2.24) is 5.32 Å². The molecule has 0 aliphatic heterocycles. The van der Waals surface area contributed by atoms with Crippen LogP contribution in [0.3, 0.4) is 0 Å². The standard InChI is InChI=1S/C18H18Cl2N2O3/c1-11(2)21-18(24)13-5-3-4-6-15(13)22-17(23)10-25-16-8-7-12(19)9-14(16)20/h3-9,11H,10H2,1-2H3,(H,21,24)(H,22,23). The number of carbonyl (C=O) groups excluding carboxylic acids is 2. The van der Waals surface area contributed by atoms with Gasteiger partial charge >= 0.3 is 0 Å². The molecule has 25 heavy (non-hydrogen) atoms. The minimum atomic E-state index is -0.407. The second kappa shape index (κ2) is 8.74. The summed E-state index contributed by atoms with van der Waals surface area (Å²) in [5.41, 5.74) is 0.797. The van der Waals surface area contributed by atoms with Crippen LogP contribution in [0.5, 0.6) is 5.75 Å². The van der Waals surface area contributed by atoms with E-state index in [0.717, 1.165) is 0 Å². The van der Waals surface area contributed by atoms with Crippen molar-refractivity contribution < 1.29 is 14.3 Å². The molecule has 0 atom stereocenters. The summed E-state index contributed by atoms with van der Waals surface area (Å²) in [5, 5.41) is 6.26. The minimum Gasteiger partial charge on any atom is -0.482 e. The summed E-state index contributed by atoms with van der Waals surface area (Å²) in [6, 6.07) is 11.5. The molecule has 0 heterocycles. The van der Waals surface area contributed by atoms with Crippen LogP contribution in [-0.4, -0.2) is 24.5 Å². The van der Waals surface area contributed by atoms with Gasteiger partial charge in [0.25, 0.3) is 11.8 Å². The lowest BCUT2D eigenvalue weighted by molar-refractivity contribution is -0.118. The predicted molar refractivity (Wildman–Crippen MR) is 99.6 cm³/mol. The summed E-state index contributed by atoms with van der Waals surface area (Å²) in [6.07, 6.45) is 0. The van der Waals surface area contributed by atoms with Gasteiger partial charge in [0.1, 0.15) is 5.75 Å². The number of halogens is 2. The van der Waals surface area contributed by atoms with Gasteiger partial charge in [-0.05, 0) is 44.2 Å². The van der Waals surface area contributed by atoms with E-state index in [9.17, 15) is 9.59 Å². The number of benzene rings is 2. The highest BCUT2D eigenvalue weighted by molar-refractivity contribution is 6.35. The number of rotatable bonds is 6. The molecule has 0 fully saturated rings. The molecule has 132 valence electrons. The fraction of sp³-hybridized carbons (Fsp3) is 0.222. The third-order valence-corrected chi connectivity index (χ3v) is 3.65. The van der Waals surface area contributed by atoms with Gasteiger partial charge in [-0.3, -0.25) is 9.59 Å². The minimum absolute atomic E-state index is 0.00774. The van der Waals surface area contributed by atoms with E-state index >= 15 is 0 Å². The normalized spacial score (nSPS) is 10.4. The van der Waals surface area contributed by atoms with Crippen molar-refractivity contribution in [2.75, 3.05) is 11.9 Å². The smallest absolute Gasteiger partial charge is 0.262 e. The van der Waals surface area contributed by atoms with E-state index in [0.29, 0.717) is 27.0 Å². The molecular weight excluding hydrogens is 363 g/mol. The molecule has 2 aromatic rings. The van der Waals surface area contributed by atoms with Crippen LogP contribution < -0.4 is 15.4 Å². The second-order valence-electron chi connectivity index (χ2n) is 5.59. The molecule has 5 nitrogen and oxygen atoms in total. The van der Waals surface area contributed by atoms with Crippen LogP contribution in [0.25, 0.3) is 0 Å². The Balaban J connectivity index is 2.02. The quantitative estimate of drug-likeness (QED) is 0.790. The van der Waals surface area contributed by atoms with Crippen molar-refractivity contribution in [3.8, 4) is 5.75 Å². The number of carbonyl (C=O) groups is 2. The first-order chi connectivity index (χ1) is 11.9. The van der Waals surface area contributed by atoms with Gasteiger partial charge in [-0.25, -0.2) is 0 Å². The molecule has 0 aromatic heterocycles. The molecule has 7 heteroatoms. The van der Waals surface area contributed by atoms with Crippen molar-refractivity contribution >= 4 is 40.7 Å². The van der Waals surface area contributed by atoms with Gasteiger partial charge in [0.15, 0.2) is 6.61 Å². The lowest BCUT2D eigenvalue weighted by Crippen LogP contribution is -2.31. The maximum absolute atomic E-state index is 12.2. The number of amides is 2. The highest BCUT2D eigenvalue weighted by Crippen LogP contribution is 2.27. The SMILES string of the molecule is CC(C)NC(=O)c1ccccc1NC(=O)COc1ccc(Cl)cc1Cl. The van der Waals surface area contributed by atoms with Crippen molar-refractivity contribution in [1.29, 1.82) is 0 Å². The molecule has 0 spiro atoms. The Kier molecular flexibility index (Phi) is 6.67. The number of ether oxygens (including phenoxy) is 1. The Morgan fingerprint density at radius 2 is 1.84 bits per heavy atom. The molecule has 0 unspecified atom stereocenters. The maximum Gasteiger partial charge on any atom is 0.262 e. The second-order valence-corrected chi connectivity index (χ2v) is 6.43. The van der Waals surface area contributed by atoms with Crippen LogP contribution in [0.4, 0.5) is 5.69 Å². The summed E-state index contributed by atoms with van der Waals surface area (Å²) in [6.45, 7) is 3.48. The number of hydrogen-bond donors (Lipinski definition) is 2. The molecule has 0 aliphatic rings. The van der Waals surface area contributed by atoms with Crippen molar-refractivity contribution in [2.24, 2.45) is 0 Å². The molecule has 0 aliphatic carbocycles. The summed E-state index contributed by atoms with van der Waals surface area (Å²) in [7, 11) is 0. The number of nitrogens with one attached hydrogen (secondary N) is 2. The first kappa shape index (κ1) is 19.1. The van der Waals surface area contributed by atoms with Crippen molar-refractivity contribution in [3.63, 3.8) is 0 Å². The fourth-order valence-electron chi connectivity index (χ4n) is 2.05. The number of anilines is 1. The molecule has 0 radical (unpaired) electrons. The van der Waals surface area contributed by atoms with Crippen LogP contribution in [0.1, 0.15) is 24.2 Å². The monoisotopic (exact) mass is 380 g/mol. The van der Waals surface area contributed by atoms with Gasteiger partial charge < -0.3 is 15.4 Å². The third-order valence-electron chi connectivity index (χ3n) is 3.12. The first-order valence-electron chi connectivity index (χ1n) is 7.64. The molecule has 2 amide bonds. The highest BCUT2D eigenvalue weighted by atomic mass is 35.5. The lowest BCUT2D eigenvalue weighted by atomic mass is 10.1. The van der Waals surface area contributed by atoms with E-state index in [1.165, 1.54) is 6.07 Å². The zero-order valence-corrected chi connectivity index (χ0v) is 15.3. The van der Waals surface area contributed by atoms with E-state index in [1.807, 2.05) is 13.8 Å². The van der Waals surface area contributed by atoms with Crippen LogP contribution in [0.15, 0.2) is 42.5 Å². The first-order valence-corrected chi connectivity index (χ1v) is 8.40. The lowest BCUT2D eigenvalue weighted by Gasteiger charge is -2.13. The molecule has 0 saturated carbocycles. The van der Waals surface area contributed by atoms with E-state index in [-0.39, 0.29) is 18.6 Å². The van der Waals surface area contributed by atoms with Crippen LogP contribution in [0.2, 0.25) is 10.0 Å². The zero-order chi connectivity index (χ0) is 18.4. The van der Waals surface area contributed by atoms with Crippen molar-refractivity contribution in [2.45, 2.75) is 19.9 Å². The molecule has 2 rings (SSSR count). The Hall–Kier alpha value is -2.24. The number of hydrogen-bond acceptors (Lipinski definition) is 3. The average molecular weight is 381 g/mol. The molecular formula is C18H18Cl2N2O3. The van der Waals surface area contributed by atoms with Crippen LogP contribution in [0, 0.1) is 0 Å². The van der Waals surface area contributed by atoms with Gasteiger partial charge in [-0.1, -0.05) is 35.3 Å². The van der Waals surface area contributed by atoms with Gasteiger partial charge in [-0.2, -0.15) is 0 Å². The Bertz CT molecular complexity index is 779. The Morgan fingerprint density at radius 3 is 2.52 bits per heavy atom. The van der Waals surface area contributed by atoms with Crippen LogP contribution >= 0.6 is 23.2 Å². The molecule has 2 N–H and O–H groups in total. The summed E-state index contributed by atoms with van der Waals surface area (Å²) < 4.78 is 5.39. The summed E-state index contributed by atoms with van der Waals surface area (Å²) >= 11 is 11.8. The summed E-state index contributed by atoms with van der Waals surface area (Å²) in [4.78, 5) is 24.3. The molecule has 0 bridgehead atoms. The van der Waals surface area contributed by atoms with Gasteiger partial charge in [0, 0.05) is 11.1 Å². The van der Waals surface area contributed by atoms with E-state index < -0.39 is 5.91 Å². The molecule has 0 saturated heterocycles. The predicted octanol–water partition coefficient (Wildman–Crippen LogP) is 4.15. The fourth-order valence-corrected chi connectivity index (χ4v) is 2.51. The average Bonchev–Trinajstić information content (AvgIpc) is 2.54. The highest BCUT2D eigenvalue weighted by Gasteiger charge is 2.14. The van der Waals surface area contributed by atoms with E-state index in [2.05, 4.69) is 10.6 Å². The summed E-state index contributed by atoms with van der Waals surface area (Å²) in [5.74, 6) is -0.310. The topological polar surface area (TPSA) is 67.4 Å².